The van der Waals surface area contributed by atoms with Gasteiger partial charge in [-0.2, -0.15) is 0 Å². The van der Waals surface area contributed by atoms with Gasteiger partial charge in [0.05, 0.1) is 6.61 Å². The minimum absolute atomic E-state index is 0.0185. The van der Waals surface area contributed by atoms with Gasteiger partial charge in [-0.15, -0.1) is 0 Å². The van der Waals surface area contributed by atoms with E-state index in [1.165, 1.54) is 19.1 Å². The minimum Gasteiger partial charge on any atom is -0.575 e. The number of halogens is 1. The smallest absolute Gasteiger partial charge is 0.509 e. The Labute approximate surface area is 339 Å². The van der Waals surface area contributed by atoms with Crippen LogP contribution in [-0.2, 0) is 46.5 Å². The van der Waals surface area contributed by atoms with Gasteiger partial charge in [0.2, 0.25) is 5.75 Å². The first-order valence-corrected chi connectivity index (χ1v) is 20.0. The van der Waals surface area contributed by atoms with Crippen LogP contribution in [0.25, 0.3) is 0 Å². The quantitative estimate of drug-likeness (QED) is 0.0483. The van der Waals surface area contributed by atoms with Gasteiger partial charge in [-0.25, -0.2) is 18.8 Å². The number of carbonyl (C=O) groups excluding carboxylic acids is 3. The summed E-state index contributed by atoms with van der Waals surface area (Å²) in [7, 11) is -2.81. The number of alkyl halides is 1. The molecule has 59 heavy (non-hydrogen) atoms. The van der Waals surface area contributed by atoms with Crippen molar-refractivity contribution in [1.82, 2.24) is 9.55 Å². The van der Waals surface area contributed by atoms with E-state index in [0.29, 0.717) is 24.8 Å². The fraction of sp³-hybridized carbons (Fsp3) is 0.390. The lowest BCUT2D eigenvalue weighted by Crippen LogP contribution is -2.46. The predicted octanol–water partition coefficient (Wildman–Crippen LogP) is 5.82. The highest BCUT2D eigenvalue weighted by Gasteiger charge is 2.58. The van der Waals surface area contributed by atoms with Gasteiger partial charge >= 0.3 is 32.0 Å². The Balaban J connectivity index is 1.12. The lowest BCUT2D eigenvalue weighted by Gasteiger charge is -2.27. The summed E-state index contributed by atoms with van der Waals surface area (Å²) in [5, 5.41) is 0. The Bertz CT molecular complexity index is 2150. The second kappa shape index (κ2) is 21.7. The number of benzene rings is 3. The van der Waals surface area contributed by atoms with Crippen LogP contribution in [-0.4, -0.2) is 64.8 Å². The maximum atomic E-state index is 16.6. The fourth-order valence-corrected chi connectivity index (χ4v) is 6.68. The molecule has 4 aromatic rings. The van der Waals surface area contributed by atoms with Crippen LogP contribution in [0.2, 0.25) is 0 Å². The van der Waals surface area contributed by atoms with Crippen LogP contribution in [0.5, 0.6) is 11.5 Å². The van der Waals surface area contributed by atoms with Gasteiger partial charge < -0.3 is 33.3 Å². The summed E-state index contributed by atoms with van der Waals surface area (Å²) in [6.07, 6.45) is -1.93. The monoisotopic (exact) mass is 837 g/mol. The number of ether oxygens (including phenoxy) is 6. The summed E-state index contributed by atoms with van der Waals surface area (Å²) in [6, 6.07) is 24.0. The number of nitrogens with zero attached hydrogens (tertiary/aromatic N) is 2. The minimum atomic E-state index is -2.81. The zero-order chi connectivity index (χ0) is 42.2. The number of hydrogen-bond donors (Lipinski definition) is 1. The number of rotatable bonds is 20. The van der Waals surface area contributed by atoms with Crippen LogP contribution in [0.3, 0.4) is 0 Å². The van der Waals surface area contributed by atoms with E-state index in [1.54, 1.807) is 42.5 Å². The topological polar surface area (TPSA) is 206 Å². The molecule has 0 saturated carbocycles. The normalized spacial score (nSPS) is 19.3. The molecule has 0 amide bonds. The summed E-state index contributed by atoms with van der Waals surface area (Å²) < 4.78 is 59.8. The molecule has 1 fully saturated rings. The summed E-state index contributed by atoms with van der Waals surface area (Å²) in [5.41, 5.74) is -2.66. The molecular weight excluding hydrogens is 792 g/mol. The van der Waals surface area contributed by atoms with Crippen molar-refractivity contribution in [2.45, 2.75) is 89.3 Å². The van der Waals surface area contributed by atoms with Crippen molar-refractivity contribution in [1.29, 1.82) is 0 Å². The molecule has 1 unspecified atom stereocenters. The third-order valence-electron chi connectivity index (χ3n) is 9.01. The van der Waals surface area contributed by atoms with E-state index in [2.05, 4.69) is 4.74 Å². The van der Waals surface area contributed by atoms with Crippen molar-refractivity contribution in [2.24, 2.45) is 4.74 Å². The SMILES string of the molecule is C[C@H](N=[P+]([O-])Oc1ccccc1OC[C@H]1O[C@@H](n2ccc(=O)[nH]c2=O)[C@](C)(F)[C@@H]1OC(=O)OCc1ccccc1)C(=O)OCCCCCCC(=O)OCc1ccccc1. The van der Waals surface area contributed by atoms with E-state index in [0.717, 1.165) is 35.7 Å². The average molecular weight is 838 g/mol. The number of para-hydroxylation sites is 2. The molecule has 0 aliphatic carbocycles. The summed E-state index contributed by atoms with van der Waals surface area (Å²) in [4.78, 5) is 76.6. The van der Waals surface area contributed by atoms with Crippen molar-refractivity contribution >= 4 is 26.3 Å². The summed E-state index contributed by atoms with van der Waals surface area (Å²) >= 11 is 0. The molecule has 1 saturated heterocycles. The standard InChI is InChI=1S/C41H45FN3O13P/c1-28(37(48)52-24-14-4-3-11-21-35(47)54-25-29-15-7-5-8-16-29)44-59(51)58-32-20-13-12-19-31(32)53-27-33-36(57-40(50)55-26-30-17-9-6-10-18-30)41(2,42)38(56-33)45-23-22-34(46)43-39(45)49/h5-10,12-13,15-20,22-23,28,33,36,38H,3-4,11,14,21,24-27H2,1-2H3,(H,43,46,49)/t28-,33+,36+,38+,41+/m0/s1. The Morgan fingerprint density at radius 3 is 2.19 bits per heavy atom. The second-order valence-corrected chi connectivity index (χ2v) is 14.5. The molecule has 0 bridgehead atoms. The second-order valence-electron chi connectivity index (χ2n) is 13.6. The number of hydrogen-bond acceptors (Lipinski definition) is 14. The Kier molecular flexibility index (Phi) is 16.3. The molecule has 18 heteroatoms. The van der Waals surface area contributed by atoms with Gasteiger partial charge in [0.1, 0.15) is 25.9 Å². The molecule has 3 aromatic carbocycles. The van der Waals surface area contributed by atoms with E-state index < -0.39 is 68.3 Å². The maximum Gasteiger partial charge on any atom is 0.509 e. The summed E-state index contributed by atoms with van der Waals surface area (Å²) in [6.45, 7) is 2.17. The van der Waals surface area contributed by atoms with Gasteiger partial charge in [0, 0.05) is 18.7 Å². The Morgan fingerprint density at radius 1 is 0.881 bits per heavy atom. The molecule has 6 atom stereocenters. The number of carbonyl (C=O) groups is 3. The van der Waals surface area contributed by atoms with Crippen LogP contribution in [0, 0.1) is 0 Å². The van der Waals surface area contributed by atoms with Gasteiger partial charge in [-0.05, 0) is 49.9 Å². The number of aromatic nitrogens is 2. The lowest BCUT2D eigenvalue weighted by molar-refractivity contribution is -0.169. The van der Waals surface area contributed by atoms with E-state index in [9.17, 15) is 28.9 Å². The van der Waals surface area contributed by atoms with E-state index in [1.807, 2.05) is 35.3 Å². The van der Waals surface area contributed by atoms with E-state index in [-0.39, 0.29) is 43.7 Å². The van der Waals surface area contributed by atoms with Crippen molar-refractivity contribution in [2.75, 3.05) is 13.2 Å². The van der Waals surface area contributed by atoms with Gasteiger partial charge in [0.15, 0.2) is 29.8 Å². The fourth-order valence-electron chi connectivity index (χ4n) is 5.94. The number of unbranched alkanes of at least 4 members (excludes halogenated alkanes) is 3. The van der Waals surface area contributed by atoms with Gasteiger partial charge in [-0.3, -0.25) is 23.7 Å². The third-order valence-corrected chi connectivity index (χ3v) is 9.89. The highest BCUT2D eigenvalue weighted by atomic mass is 31.1. The highest BCUT2D eigenvalue weighted by Crippen LogP contribution is 2.43. The third kappa shape index (κ3) is 13.3. The molecule has 5 rings (SSSR count). The predicted molar refractivity (Wildman–Crippen MR) is 208 cm³/mol. The molecule has 1 aliphatic heterocycles. The van der Waals surface area contributed by atoms with Crippen LogP contribution >= 0.6 is 8.17 Å². The Morgan fingerprint density at radius 2 is 1.51 bits per heavy atom. The van der Waals surface area contributed by atoms with E-state index in [4.69, 9.17) is 32.9 Å². The largest absolute Gasteiger partial charge is 0.575 e. The maximum absolute atomic E-state index is 16.6. The van der Waals surface area contributed by atoms with Crippen molar-refractivity contribution < 1.29 is 56.6 Å². The highest BCUT2D eigenvalue weighted by molar-refractivity contribution is 7.34. The van der Waals surface area contributed by atoms with Crippen LogP contribution in [0.1, 0.15) is 63.3 Å². The summed E-state index contributed by atoms with van der Waals surface area (Å²) in [5.74, 6) is -1.01. The molecule has 1 aliphatic rings. The van der Waals surface area contributed by atoms with Crippen LogP contribution < -0.4 is 25.4 Å². The molecule has 1 aromatic heterocycles. The average Bonchev–Trinajstić information content (AvgIpc) is 3.46. The Hall–Kier alpha value is -5.90. The lowest BCUT2D eigenvalue weighted by atomic mass is 9.98. The molecular formula is C41H45FN3O13P. The molecule has 0 spiro atoms. The van der Waals surface area contributed by atoms with E-state index >= 15 is 4.39 Å². The molecule has 2 heterocycles. The molecule has 314 valence electrons. The zero-order valence-corrected chi connectivity index (χ0v) is 33.3. The van der Waals surface area contributed by atoms with Gasteiger partial charge in [-0.1, -0.05) is 90.4 Å². The number of esters is 2. The molecule has 16 nitrogen and oxygen atoms in total. The molecule has 0 radical (unpaired) electrons. The van der Waals surface area contributed by atoms with Gasteiger partial charge in [0.25, 0.3) is 5.56 Å². The van der Waals surface area contributed by atoms with Crippen molar-refractivity contribution in [3.63, 3.8) is 0 Å². The number of nitrogens with one attached hydrogen (secondary N) is 1. The van der Waals surface area contributed by atoms with Crippen molar-refractivity contribution in [3.05, 3.63) is 129 Å². The first kappa shape index (κ1) is 44.2. The number of aromatic amines is 1. The van der Waals surface area contributed by atoms with Crippen LogP contribution in [0.15, 0.2) is 112 Å². The van der Waals surface area contributed by atoms with Crippen LogP contribution in [0.4, 0.5) is 9.18 Å². The van der Waals surface area contributed by atoms with Crippen molar-refractivity contribution in [3.8, 4) is 11.5 Å². The zero-order valence-electron chi connectivity index (χ0n) is 32.4. The number of H-pyrrole nitrogens is 1. The first-order valence-electron chi connectivity index (χ1n) is 18.9. The molecule has 1 N–H and O–H groups in total. The first-order chi connectivity index (χ1) is 28.4.